The molecular formula is C25H31N4O2+. The van der Waals surface area contributed by atoms with Crippen LogP contribution in [0.1, 0.15) is 46.2 Å². The van der Waals surface area contributed by atoms with E-state index in [9.17, 15) is 4.79 Å². The molecule has 6 heteroatoms. The molecule has 1 atom stereocenters. The van der Waals surface area contributed by atoms with Gasteiger partial charge in [-0.1, -0.05) is 0 Å². The summed E-state index contributed by atoms with van der Waals surface area (Å²) in [6, 6.07) is 18.1. The van der Waals surface area contributed by atoms with E-state index in [1.54, 1.807) is 7.11 Å². The summed E-state index contributed by atoms with van der Waals surface area (Å²) in [5.74, 6) is 0.808. The Kier molecular flexibility index (Phi) is 6.37. The summed E-state index contributed by atoms with van der Waals surface area (Å²) < 4.78 is 7.19. The highest BCUT2D eigenvalue weighted by atomic mass is 16.5. The summed E-state index contributed by atoms with van der Waals surface area (Å²) in [7, 11) is 1.68. The Morgan fingerprint density at radius 1 is 1.10 bits per heavy atom. The first-order valence-corrected chi connectivity index (χ1v) is 11.0. The van der Waals surface area contributed by atoms with Gasteiger partial charge in [0.2, 0.25) is 0 Å². The molecule has 0 unspecified atom stereocenters. The Bertz CT molecular complexity index is 1020. The van der Waals surface area contributed by atoms with Crippen molar-refractivity contribution in [1.29, 1.82) is 0 Å². The van der Waals surface area contributed by atoms with Crippen LogP contribution in [0.5, 0.6) is 5.75 Å². The third-order valence-corrected chi connectivity index (χ3v) is 6.11. The maximum atomic E-state index is 12.9. The molecule has 0 aliphatic carbocycles. The Balaban J connectivity index is 1.45. The van der Waals surface area contributed by atoms with Gasteiger partial charge in [-0.15, -0.1) is 0 Å². The number of methoxy groups -OCH3 is 1. The molecule has 1 aromatic heterocycles. The fourth-order valence-electron chi connectivity index (χ4n) is 4.45. The van der Waals surface area contributed by atoms with E-state index in [4.69, 9.17) is 4.74 Å². The van der Waals surface area contributed by atoms with Gasteiger partial charge in [-0.05, 0) is 68.4 Å². The zero-order chi connectivity index (χ0) is 21.8. The number of amides is 1. The average Bonchev–Trinajstić information content (AvgIpc) is 3.44. The first-order chi connectivity index (χ1) is 15.0. The van der Waals surface area contributed by atoms with E-state index >= 15 is 0 Å². The number of carbonyl (C=O) groups excluding carboxylic acids is 1. The van der Waals surface area contributed by atoms with E-state index in [0.29, 0.717) is 12.1 Å². The highest BCUT2D eigenvalue weighted by Gasteiger charge is 2.28. The zero-order valence-electron chi connectivity index (χ0n) is 18.5. The second kappa shape index (κ2) is 9.35. The molecule has 1 saturated heterocycles. The molecule has 0 radical (unpaired) electrons. The number of rotatable bonds is 7. The minimum Gasteiger partial charge on any atom is -0.497 e. The molecule has 0 saturated carbocycles. The monoisotopic (exact) mass is 419 g/mol. The van der Waals surface area contributed by atoms with Gasteiger partial charge in [0.05, 0.1) is 38.1 Å². The second-order valence-electron chi connectivity index (χ2n) is 8.29. The summed E-state index contributed by atoms with van der Waals surface area (Å²) in [6.07, 6.45) is 2.48. The van der Waals surface area contributed by atoms with Crippen LogP contribution in [-0.4, -0.2) is 42.4 Å². The third-order valence-electron chi connectivity index (χ3n) is 6.11. The van der Waals surface area contributed by atoms with Gasteiger partial charge in [-0.3, -0.25) is 4.79 Å². The van der Waals surface area contributed by atoms with E-state index < -0.39 is 0 Å². The number of nitrogens with zero attached hydrogens (tertiary/aromatic N) is 2. The number of quaternary nitrogens is 1. The van der Waals surface area contributed by atoms with Crippen LogP contribution in [0.25, 0.3) is 5.69 Å². The highest BCUT2D eigenvalue weighted by Crippen LogP contribution is 2.17. The van der Waals surface area contributed by atoms with Gasteiger partial charge in [0.1, 0.15) is 11.8 Å². The molecule has 2 heterocycles. The first-order valence-electron chi connectivity index (χ1n) is 11.0. The van der Waals surface area contributed by atoms with Crippen LogP contribution in [-0.2, 0) is 0 Å². The number of hydrogen-bond donors (Lipinski definition) is 2. The van der Waals surface area contributed by atoms with Gasteiger partial charge < -0.3 is 15.0 Å². The number of aromatic nitrogens is 2. The molecule has 1 fully saturated rings. The molecule has 4 rings (SSSR count). The number of likely N-dealkylation sites (tertiary alicyclic amines) is 1. The number of ether oxygens (including phenoxy) is 1. The number of aryl methyl sites for hydroxylation is 2. The average molecular weight is 420 g/mol. The minimum absolute atomic E-state index is 0.0444. The van der Waals surface area contributed by atoms with Gasteiger partial charge in [-0.25, -0.2) is 4.68 Å². The summed E-state index contributed by atoms with van der Waals surface area (Å²) in [4.78, 5) is 14.4. The molecule has 3 aromatic rings. The minimum atomic E-state index is -0.0444. The largest absolute Gasteiger partial charge is 0.497 e. The first kappa shape index (κ1) is 21.1. The molecule has 162 valence electrons. The number of carbonyl (C=O) groups is 1. The van der Waals surface area contributed by atoms with Crippen LogP contribution >= 0.6 is 0 Å². The Morgan fingerprint density at radius 3 is 2.35 bits per heavy atom. The molecule has 1 aliphatic rings. The quantitative estimate of drug-likeness (QED) is 0.619. The number of benzene rings is 2. The molecule has 6 nitrogen and oxygen atoms in total. The predicted molar refractivity (Wildman–Crippen MR) is 121 cm³/mol. The zero-order valence-corrected chi connectivity index (χ0v) is 18.5. The summed E-state index contributed by atoms with van der Waals surface area (Å²) >= 11 is 0. The second-order valence-corrected chi connectivity index (χ2v) is 8.29. The lowest BCUT2D eigenvalue weighted by Gasteiger charge is -2.25. The maximum Gasteiger partial charge on any atom is 0.251 e. The molecule has 0 bridgehead atoms. The smallest absolute Gasteiger partial charge is 0.251 e. The SMILES string of the molecule is COc1ccc([C@@H](CNC(=O)c2ccc(-n3nc(C)cc3C)cc2)[NH+]2CCCC2)cc1. The van der Waals surface area contributed by atoms with Crippen molar-refractivity contribution < 1.29 is 14.4 Å². The van der Waals surface area contributed by atoms with Crippen LogP contribution in [0.4, 0.5) is 0 Å². The van der Waals surface area contributed by atoms with Crippen molar-refractivity contribution in [2.24, 2.45) is 0 Å². The van der Waals surface area contributed by atoms with Crippen LogP contribution in [0, 0.1) is 13.8 Å². The Morgan fingerprint density at radius 2 is 1.77 bits per heavy atom. The maximum absolute atomic E-state index is 12.9. The van der Waals surface area contributed by atoms with E-state index in [0.717, 1.165) is 35.9 Å². The van der Waals surface area contributed by atoms with Crippen molar-refractivity contribution in [3.63, 3.8) is 0 Å². The lowest BCUT2D eigenvalue weighted by molar-refractivity contribution is -0.918. The molecule has 2 aromatic carbocycles. The lowest BCUT2D eigenvalue weighted by Crippen LogP contribution is -3.11. The molecule has 1 aliphatic heterocycles. The normalized spacial score (nSPS) is 15.1. The molecular weight excluding hydrogens is 388 g/mol. The Hall–Kier alpha value is -3.12. The van der Waals surface area contributed by atoms with Gasteiger partial charge in [0.25, 0.3) is 5.91 Å². The van der Waals surface area contributed by atoms with E-state index in [-0.39, 0.29) is 11.9 Å². The summed E-state index contributed by atoms with van der Waals surface area (Å²) in [5, 5.41) is 7.67. The van der Waals surface area contributed by atoms with Crippen molar-refractivity contribution in [2.75, 3.05) is 26.7 Å². The lowest BCUT2D eigenvalue weighted by atomic mass is 10.0. The fraction of sp³-hybridized carbons (Fsp3) is 0.360. The van der Waals surface area contributed by atoms with Crippen LogP contribution in [0.3, 0.4) is 0 Å². The van der Waals surface area contributed by atoms with Crippen molar-refractivity contribution in [1.82, 2.24) is 15.1 Å². The molecule has 2 N–H and O–H groups in total. The highest BCUT2D eigenvalue weighted by molar-refractivity contribution is 5.94. The third kappa shape index (κ3) is 4.80. The number of hydrogen-bond acceptors (Lipinski definition) is 3. The van der Waals surface area contributed by atoms with Crippen molar-refractivity contribution in [3.05, 3.63) is 77.1 Å². The summed E-state index contributed by atoms with van der Waals surface area (Å²) in [5.41, 5.74) is 4.91. The van der Waals surface area contributed by atoms with Gasteiger partial charge in [0.15, 0.2) is 0 Å². The number of nitrogens with one attached hydrogen (secondary N) is 2. The van der Waals surface area contributed by atoms with E-state index in [1.807, 2.05) is 61.0 Å². The standard InChI is InChI=1S/C25H30N4O2/c1-18-16-19(2)29(27-18)22-10-6-21(7-11-22)25(30)26-17-24(28-14-4-5-15-28)20-8-12-23(31-3)13-9-20/h6-13,16,24H,4-5,14-15,17H2,1-3H3,(H,26,30)/p+1/t24-/m1/s1. The summed E-state index contributed by atoms with van der Waals surface area (Å²) in [6.45, 7) is 6.90. The van der Waals surface area contributed by atoms with E-state index in [2.05, 4.69) is 22.5 Å². The van der Waals surface area contributed by atoms with Crippen LogP contribution in [0.15, 0.2) is 54.6 Å². The molecule has 1 amide bonds. The Labute approximate surface area is 183 Å². The van der Waals surface area contributed by atoms with Gasteiger partial charge in [0, 0.05) is 29.7 Å². The van der Waals surface area contributed by atoms with Crippen LogP contribution in [0.2, 0.25) is 0 Å². The fourth-order valence-corrected chi connectivity index (χ4v) is 4.45. The van der Waals surface area contributed by atoms with Gasteiger partial charge >= 0.3 is 0 Å². The predicted octanol–water partition coefficient (Wildman–Crippen LogP) is 2.65. The molecule has 31 heavy (non-hydrogen) atoms. The molecule has 0 spiro atoms. The van der Waals surface area contributed by atoms with Gasteiger partial charge in [-0.2, -0.15) is 5.10 Å². The van der Waals surface area contributed by atoms with Crippen molar-refractivity contribution >= 4 is 5.91 Å². The topological polar surface area (TPSA) is 60.6 Å². The van der Waals surface area contributed by atoms with Crippen molar-refractivity contribution in [3.8, 4) is 11.4 Å². The van der Waals surface area contributed by atoms with Crippen molar-refractivity contribution in [2.45, 2.75) is 32.7 Å². The van der Waals surface area contributed by atoms with Crippen LogP contribution < -0.4 is 15.0 Å². The van der Waals surface area contributed by atoms with E-state index in [1.165, 1.54) is 23.3 Å².